The average Bonchev–Trinajstić information content (AvgIpc) is 2.71. The van der Waals surface area contributed by atoms with Gasteiger partial charge in [-0.2, -0.15) is 4.31 Å². The zero-order chi connectivity index (χ0) is 22.6. The van der Waals surface area contributed by atoms with Crippen LogP contribution in [-0.4, -0.2) is 25.2 Å². The molecule has 0 unspecified atom stereocenters. The summed E-state index contributed by atoms with van der Waals surface area (Å²) in [7, 11) is -3.92. The summed E-state index contributed by atoms with van der Waals surface area (Å²) in [5, 5.41) is 3.31. The Morgan fingerprint density at radius 3 is 2.16 bits per heavy atom. The number of aryl methyl sites for hydroxylation is 2. The van der Waals surface area contributed by atoms with Gasteiger partial charge in [-0.15, -0.1) is 0 Å². The van der Waals surface area contributed by atoms with Gasteiger partial charge in [0, 0.05) is 21.7 Å². The zero-order valence-electron chi connectivity index (χ0n) is 17.1. The largest absolute Gasteiger partial charge is 0.324 e. The van der Waals surface area contributed by atoms with Crippen molar-refractivity contribution in [3.05, 3.63) is 92.9 Å². The molecule has 0 fully saturated rings. The van der Waals surface area contributed by atoms with Gasteiger partial charge >= 0.3 is 0 Å². The number of nitrogens with one attached hydrogen (secondary N) is 1. The standard InChI is InChI=1S/C23H22BrClN2O3S/c1-16-12-19(24)13-17(2)23(16)26-22(28)15-27(14-18-6-4-3-5-7-18)31(29,30)21-10-8-20(25)9-11-21/h3-13H,14-15H2,1-2H3,(H,26,28). The summed E-state index contributed by atoms with van der Waals surface area (Å²) in [6, 6.07) is 18.9. The van der Waals surface area contributed by atoms with Crippen molar-refractivity contribution in [1.29, 1.82) is 0 Å². The van der Waals surface area contributed by atoms with Crippen LogP contribution in [0, 0.1) is 13.8 Å². The van der Waals surface area contributed by atoms with Crippen molar-refractivity contribution < 1.29 is 13.2 Å². The first-order valence-electron chi connectivity index (χ1n) is 9.53. The van der Waals surface area contributed by atoms with E-state index >= 15 is 0 Å². The molecule has 0 aromatic heterocycles. The van der Waals surface area contributed by atoms with Gasteiger partial charge in [-0.25, -0.2) is 8.42 Å². The quantitative estimate of drug-likeness (QED) is 0.443. The van der Waals surface area contributed by atoms with Crippen LogP contribution in [0.1, 0.15) is 16.7 Å². The van der Waals surface area contributed by atoms with E-state index in [9.17, 15) is 13.2 Å². The lowest BCUT2D eigenvalue weighted by Gasteiger charge is -2.22. The molecule has 0 bridgehead atoms. The highest BCUT2D eigenvalue weighted by Gasteiger charge is 2.27. The van der Waals surface area contributed by atoms with Crippen LogP contribution in [0.25, 0.3) is 0 Å². The molecule has 0 heterocycles. The van der Waals surface area contributed by atoms with Crippen LogP contribution in [-0.2, 0) is 21.4 Å². The van der Waals surface area contributed by atoms with Crippen molar-refractivity contribution >= 4 is 49.1 Å². The van der Waals surface area contributed by atoms with Gasteiger partial charge in [0.25, 0.3) is 0 Å². The van der Waals surface area contributed by atoms with Crippen molar-refractivity contribution in [2.45, 2.75) is 25.3 Å². The Labute approximate surface area is 196 Å². The molecule has 1 amide bonds. The van der Waals surface area contributed by atoms with E-state index in [0.29, 0.717) is 10.7 Å². The van der Waals surface area contributed by atoms with Gasteiger partial charge < -0.3 is 5.32 Å². The number of carbonyl (C=O) groups is 1. The van der Waals surface area contributed by atoms with Crippen molar-refractivity contribution in [3.63, 3.8) is 0 Å². The Morgan fingerprint density at radius 2 is 1.58 bits per heavy atom. The summed E-state index contributed by atoms with van der Waals surface area (Å²) in [5.74, 6) is -0.415. The van der Waals surface area contributed by atoms with E-state index < -0.39 is 15.9 Å². The number of carbonyl (C=O) groups excluding carboxylic acids is 1. The Hall–Kier alpha value is -2.19. The van der Waals surface area contributed by atoms with Crippen LogP contribution in [0.3, 0.4) is 0 Å². The first kappa shape index (κ1) is 23.5. The first-order valence-corrected chi connectivity index (χ1v) is 12.1. The van der Waals surface area contributed by atoms with E-state index in [0.717, 1.165) is 21.2 Å². The SMILES string of the molecule is Cc1cc(Br)cc(C)c1NC(=O)CN(Cc1ccccc1)S(=O)(=O)c1ccc(Cl)cc1. The Morgan fingerprint density at radius 1 is 1.00 bits per heavy atom. The van der Waals surface area contributed by atoms with Crippen LogP contribution >= 0.6 is 27.5 Å². The second kappa shape index (κ2) is 9.96. The van der Waals surface area contributed by atoms with Gasteiger partial charge in [-0.05, 0) is 66.9 Å². The van der Waals surface area contributed by atoms with Crippen molar-refractivity contribution in [3.8, 4) is 0 Å². The highest BCUT2D eigenvalue weighted by atomic mass is 79.9. The molecule has 3 aromatic rings. The maximum atomic E-state index is 13.3. The van der Waals surface area contributed by atoms with Crippen molar-refractivity contribution in [2.75, 3.05) is 11.9 Å². The Balaban J connectivity index is 1.89. The van der Waals surface area contributed by atoms with Crippen molar-refractivity contribution in [1.82, 2.24) is 4.31 Å². The lowest BCUT2D eigenvalue weighted by molar-refractivity contribution is -0.116. The number of hydrogen-bond donors (Lipinski definition) is 1. The van der Waals surface area contributed by atoms with E-state index in [-0.39, 0.29) is 18.0 Å². The molecule has 0 aliphatic rings. The van der Waals surface area contributed by atoms with Gasteiger partial charge in [0.15, 0.2) is 0 Å². The summed E-state index contributed by atoms with van der Waals surface area (Å²) < 4.78 is 28.7. The third kappa shape index (κ3) is 5.95. The van der Waals surface area contributed by atoms with Gasteiger partial charge in [0.1, 0.15) is 0 Å². The topological polar surface area (TPSA) is 66.5 Å². The first-order chi connectivity index (χ1) is 14.7. The third-order valence-corrected chi connectivity index (χ3v) is 7.25. The summed E-state index contributed by atoms with van der Waals surface area (Å²) in [4.78, 5) is 13.0. The predicted octanol–water partition coefficient (Wildman–Crippen LogP) is 5.55. The van der Waals surface area contributed by atoms with Crippen molar-refractivity contribution in [2.24, 2.45) is 0 Å². The minimum atomic E-state index is -3.92. The average molecular weight is 522 g/mol. The van der Waals surface area contributed by atoms with Crippen LogP contribution in [0.15, 0.2) is 76.1 Å². The summed E-state index contributed by atoms with van der Waals surface area (Å²) in [6.45, 7) is 3.52. The molecule has 0 saturated carbocycles. The molecule has 162 valence electrons. The molecule has 0 aliphatic carbocycles. The van der Waals surface area contributed by atoms with Crippen LogP contribution < -0.4 is 5.32 Å². The fourth-order valence-corrected chi connectivity index (χ4v) is 5.41. The predicted molar refractivity (Wildman–Crippen MR) is 128 cm³/mol. The van der Waals surface area contributed by atoms with E-state index in [2.05, 4.69) is 21.2 Å². The van der Waals surface area contributed by atoms with E-state index in [1.807, 2.05) is 56.3 Å². The van der Waals surface area contributed by atoms with Crippen LogP contribution in [0.5, 0.6) is 0 Å². The number of benzene rings is 3. The third-order valence-electron chi connectivity index (χ3n) is 4.74. The minimum absolute atomic E-state index is 0.0670. The number of amides is 1. The van der Waals surface area contributed by atoms with Crippen LogP contribution in [0.2, 0.25) is 5.02 Å². The van der Waals surface area contributed by atoms with E-state index in [1.54, 1.807) is 0 Å². The van der Waals surface area contributed by atoms with Crippen LogP contribution in [0.4, 0.5) is 5.69 Å². The maximum Gasteiger partial charge on any atom is 0.243 e. The van der Waals surface area contributed by atoms with Gasteiger partial charge in [-0.3, -0.25) is 4.79 Å². The second-order valence-corrected chi connectivity index (χ2v) is 10.5. The summed E-state index contributed by atoms with van der Waals surface area (Å²) in [6.07, 6.45) is 0. The molecule has 31 heavy (non-hydrogen) atoms. The zero-order valence-corrected chi connectivity index (χ0v) is 20.3. The maximum absolute atomic E-state index is 13.3. The number of hydrogen-bond acceptors (Lipinski definition) is 3. The fourth-order valence-electron chi connectivity index (χ4n) is 3.22. The summed E-state index contributed by atoms with van der Waals surface area (Å²) in [5.41, 5.74) is 3.23. The number of anilines is 1. The molecule has 0 atom stereocenters. The lowest BCUT2D eigenvalue weighted by Crippen LogP contribution is -2.37. The summed E-state index contributed by atoms with van der Waals surface area (Å²) >= 11 is 9.35. The highest BCUT2D eigenvalue weighted by Crippen LogP contribution is 2.26. The molecule has 0 saturated heterocycles. The van der Waals surface area contributed by atoms with Gasteiger partial charge in [-0.1, -0.05) is 57.9 Å². The molecule has 0 spiro atoms. The monoisotopic (exact) mass is 520 g/mol. The number of sulfonamides is 1. The molecule has 8 heteroatoms. The molecule has 5 nitrogen and oxygen atoms in total. The number of halogens is 2. The normalized spacial score (nSPS) is 11.5. The number of nitrogens with zero attached hydrogens (tertiary/aromatic N) is 1. The fraction of sp³-hybridized carbons (Fsp3) is 0.174. The number of rotatable bonds is 7. The molecular formula is C23H22BrClN2O3S. The lowest BCUT2D eigenvalue weighted by atomic mass is 10.1. The molecule has 0 aliphatic heterocycles. The highest BCUT2D eigenvalue weighted by molar-refractivity contribution is 9.10. The minimum Gasteiger partial charge on any atom is -0.324 e. The second-order valence-electron chi connectivity index (χ2n) is 7.18. The molecular weight excluding hydrogens is 500 g/mol. The Kier molecular flexibility index (Phi) is 7.54. The van der Waals surface area contributed by atoms with Gasteiger partial charge in [0.2, 0.25) is 15.9 Å². The molecule has 1 N–H and O–H groups in total. The molecule has 3 rings (SSSR count). The molecule has 0 radical (unpaired) electrons. The molecule has 3 aromatic carbocycles. The van der Waals surface area contributed by atoms with E-state index in [4.69, 9.17) is 11.6 Å². The van der Waals surface area contributed by atoms with Gasteiger partial charge in [0.05, 0.1) is 11.4 Å². The van der Waals surface area contributed by atoms with E-state index in [1.165, 1.54) is 28.6 Å². The smallest absolute Gasteiger partial charge is 0.243 e. The Bertz CT molecular complexity index is 1160.